The Balaban J connectivity index is 2.08. The van der Waals surface area contributed by atoms with E-state index in [4.69, 9.17) is 9.47 Å². The molecule has 1 heterocycles. The SMILES string of the molecule is CCCNC(COCC)c1ccc2c(c1)CCO2. The highest BCUT2D eigenvalue weighted by Gasteiger charge is 2.16. The van der Waals surface area contributed by atoms with Gasteiger partial charge in [0.15, 0.2) is 0 Å². The Hall–Kier alpha value is -1.06. The summed E-state index contributed by atoms with van der Waals surface area (Å²) >= 11 is 0. The highest BCUT2D eigenvalue weighted by Crippen LogP contribution is 2.28. The molecule has 0 fully saturated rings. The van der Waals surface area contributed by atoms with Gasteiger partial charge in [0.25, 0.3) is 0 Å². The molecule has 0 radical (unpaired) electrons. The van der Waals surface area contributed by atoms with E-state index in [1.54, 1.807) is 0 Å². The lowest BCUT2D eigenvalue weighted by Gasteiger charge is -2.19. The molecule has 0 saturated carbocycles. The molecule has 0 aromatic heterocycles. The largest absolute Gasteiger partial charge is 0.493 e. The van der Waals surface area contributed by atoms with Crippen molar-refractivity contribution in [2.75, 3.05) is 26.4 Å². The number of hydrogen-bond donors (Lipinski definition) is 1. The summed E-state index contributed by atoms with van der Waals surface area (Å²) in [6, 6.07) is 6.78. The van der Waals surface area contributed by atoms with Crippen molar-refractivity contribution < 1.29 is 9.47 Å². The smallest absolute Gasteiger partial charge is 0.122 e. The van der Waals surface area contributed by atoms with E-state index in [-0.39, 0.29) is 6.04 Å². The van der Waals surface area contributed by atoms with Crippen LogP contribution in [0.1, 0.15) is 37.4 Å². The third-order valence-corrected chi connectivity index (χ3v) is 3.25. The molecule has 3 heteroatoms. The number of nitrogens with one attached hydrogen (secondary N) is 1. The first-order valence-electron chi connectivity index (χ1n) is 6.92. The van der Waals surface area contributed by atoms with Crippen molar-refractivity contribution >= 4 is 0 Å². The van der Waals surface area contributed by atoms with Gasteiger partial charge in [-0.1, -0.05) is 19.1 Å². The Morgan fingerprint density at radius 2 is 2.28 bits per heavy atom. The minimum atomic E-state index is 0.288. The Bertz CT molecular complexity index is 371. The molecule has 0 saturated heterocycles. The van der Waals surface area contributed by atoms with Gasteiger partial charge in [0.2, 0.25) is 0 Å². The fourth-order valence-corrected chi connectivity index (χ4v) is 2.25. The second-order valence-corrected chi connectivity index (χ2v) is 4.63. The first-order valence-corrected chi connectivity index (χ1v) is 6.92. The van der Waals surface area contributed by atoms with Crippen molar-refractivity contribution in [2.45, 2.75) is 32.7 Å². The molecule has 0 spiro atoms. The fourth-order valence-electron chi connectivity index (χ4n) is 2.25. The number of rotatable bonds is 7. The molecule has 1 atom stereocenters. The average Bonchev–Trinajstić information content (AvgIpc) is 2.86. The van der Waals surface area contributed by atoms with Crippen LogP contribution in [0, 0.1) is 0 Å². The van der Waals surface area contributed by atoms with Gasteiger partial charge < -0.3 is 14.8 Å². The van der Waals surface area contributed by atoms with Crippen LogP contribution in [0.2, 0.25) is 0 Å². The van der Waals surface area contributed by atoms with Crippen LogP contribution in [0.3, 0.4) is 0 Å². The minimum Gasteiger partial charge on any atom is -0.493 e. The topological polar surface area (TPSA) is 30.5 Å². The van der Waals surface area contributed by atoms with Crippen LogP contribution in [0.15, 0.2) is 18.2 Å². The molecule has 1 aromatic rings. The van der Waals surface area contributed by atoms with Crippen LogP contribution in [0.5, 0.6) is 5.75 Å². The van der Waals surface area contributed by atoms with Crippen LogP contribution >= 0.6 is 0 Å². The van der Waals surface area contributed by atoms with E-state index in [2.05, 4.69) is 30.4 Å². The average molecular weight is 249 g/mol. The van der Waals surface area contributed by atoms with E-state index in [0.29, 0.717) is 0 Å². The van der Waals surface area contributed by atoms with Crippen molar-refractivity contribution in [3.05, 3.63) is 29.3 Å². The molecule has 1 unspecified atom stereocenters. The normalized spacial score (nSPS) is 15.2. The summed E-state index contributed by atoms with van der Waals surface area (Å²) in [4.78, 5) is 0. The Morgan fingerprint density at radius 1 is 1.39 bits per heavy atom. The molecule has 1 aliphatic rings. The maximum absolute atomic E-state index is 5.57. The molecule has 0 bridgehead atoms. The first-order chi connectivity index (χ1) is 8.85. The molecule has 0 amide bonds. The van der Waals surface area contributed by atoms with Gasteiger partial charge in [-0.3, -0.25) is 0 Å². The Kier molecular flexibility index (Phi) is 5.02. The molecule has 2 rings (SSSR count). The zero-order chi connectivity index (χ0) is 12.8. The van der Waals surface area contributed by atoms with Crippen LogP contribution < -0.4 is 10.1 Å². The molecule has 0 aliphatic carbocycles. The third kappa shape index (κ3) is 3.24. The van der Waals surface area contributed by atoms with Crippen LogP contribution in [-0.2, 0) is 11.2 Å². The monoisotopic (exact) mass is 249 g/mol. The summed E-state index contributed by atoms with van der Waals surface area (Å²) in [5, 5.41) is 3.55. The highest BCUT2D eigenvalue weighted by atomic mass is 16.5. The quantitative estimate of drug-likeness (QED) is 0.806. The molecule has 1 aromatic carbocycles. The second kappa shape index (κ2) is 6.76. The summed E-state index contributed by atoms with van der Waals surface area (Å²) in [5.41, 5.74) is 2.63. The van der Waals surface area contributed by atoms with Crippen molar-refractivity contribution in [3.63, 3.8) is 0 Å². The number of hydrogen-bond acceptors (Lipinski definition) is 3. The van der Waals surface area contributed by atoms with Gasteiger partial charge in [-0.2, -0.15) is 0 Å². The summed E-state index contributed by atoms with van der Waals surface area (Å²) in [6.45, 7) is 7.55. The van der Waals surface area contributed by atoms with Gasteiger partial charge in [0.05, 0.1) is 19.3 Å². The maximum atomic E-state index is 5.57. The number of fused-ring (bicyclic) bond motifs is 1. The van der Waals surface area contributed by atoms with Gasteiger partial charge in [-0.05, 0) is 37.1 Å². The lowest BCUT2D eigenvalue weighted by atomic mass is 10.0. The second-order valence-electron chi connectivity index (χ2n) is 4.63. The van der Waals surface area contributed by atoms with Crippen LogP contribution in [0.4, 0.5) is 0 Å². The zero-order valence-corrected chi connectivity index (χ0v) is 11.4. The molecule has 3 nitrogen and oxygen atoms in total. The number of ether oxygens (including phenoxy) is 2. The van der Waals surface area contributed by atoms with Gasteiger partial charge in [0, 0.05) is 13.0 Å². The summed E-state index contributed by atoms with van der Waals surface area (Å²) in [6.07, 6.45) is 2.16. The standard InChI is InChI=1S/C15H23NO2/c1-3-8-16-14(11-17-4-2)12-5-6-15-13(10-12)7-9-18-15/h5-6,10,14,16H,3-4,7-9,11H2,1-2H3. The lowest BCUT2D eigenvalue weighted by molar-refractivity contribution is 0.123. The van der Waals surface area contributed by atoms with Gasteiger partial charge in [-0.15, -0.1) is 0 Å². The first kappa shape index (κ1) is 13.4. The molecule has 1 N–H and O–H groups in total. The predicted octanol–water partition coefficient (Wildman–Crippen LogP) is 2.70. The Morgan fingerprint density at radius 3 is 3.06 bits per heavy atom. The van der Waals surface area contributed by atoms with E-state index in [1.165, 1.54) is 11.1 Å². The van der Waals surface area contributed by atoms with Crippen molar-refractivity contribution in [1.82, 2.24) is 5.32 Å². The van der Waals surface area contributed by atoms with E-state index in [1.807, 2.05) is 6.92 Å². The molecule has 100 valence electrons. The maximum Gasteiger partial charge on any atom is 0.122 e. The molecule has 1 aliphatic heterocycles. The van der Waals surface area contributed by atoms with Crippen LogP contribution in [-0.4, -0.2) is 26.4 Å². The van der Waals surface area contributed by atoms with Crippen molar-refractivity contribution in [1.29, 1.82) is 0 Å². The van der Waals surface area contributed by atoms with Crippen LogP contribution in [0.25, 0.3) is 0 Å². The number of benzene rings is 1. The summed E-state index contributed by atoms with van der Waals surface area (Å²) in [5.74, 6) is 1.05. The van der Waals surface area contributed by atoms with Gasteiger partial charge in [-0.25, -0.2) is 0 Å². The minimum absolute atomic E-state index is 0.288. The summed E-state index contributed by atoms with van der Waals surface area (Å²) < 4.78 is 11.1. The molecular formula is C15H23NO2. The van der Waals surface area contributed by atoms with E-state index < -0.39 is 0 Å². The Labute approximate surface area is 109 Å². The summed E-state index contributed by atoms with van der Waals surface area (Å²) in [7, 11) is 0. The fraction of sp³-hybridized carbons (Fsp3) is 0.600. The molecule has 18 heavy (non-hydrogen) atoms. The predicted molar refractivity (Wildman–Crippen MR) is 73.2 cm³/mol. The highest BCUT2D eigenvalue weighted by molar-refractivity contribution is 5.40. The van der Waals surface area contributed by atoms with E-state index >= 15 is 0 Å². The molecular weight excluding hydrogens is 226 g/mol. The zero-order valence-electron chi connectivity index (χ0n) is 11.4. The van der Waals surface area contributed by atoms with E-state index in [0.717, 1.165) is 45.0 Å². The van der Waals surface area contributed by atoms with Crippen molar-refractivity contribution in [2.24, 2.45) is 0 Å². The van der Waals surface area contributed by atoms with Gasteiger partial charge in [0.1, 0.15) is 5.75 Å². The van der Waals surface area contributed by atoms with Crippen molar-refractivity contribution in [3.8, 4) is 5.75 Å². The van der Waals surface area contributed by atoms with E-state index in [9.17, 15) is 0 Å². The third-order valence-electron chi connectivity index (χ3n) is 3.25. The lowest BCUT2D eigenvalue weighted by Crippen LogP contribution is -2.26. The van der Waals surface area contributed by atoms with Gasteiger partial charge >= 0.3 is 0 Å².